The van der Waals surface area contributed by atoms with Crippen molar-refractivity contribution in [1.82, 2.24) is 10.2 Å². The average molecular weight is 269 g/mol. The number of halogens is 1. The maximum absolute atomic E-state index is 5.68. The number of hydrogen-bond acceptors (Lipinski definition) is 4. The zero-order valence-electron chi connectivity index (χ0n) is 9.74. The SMILES string of the molecule is COc1cc(-c2nnc(CCCl)s2)ccc1C. The molecule has 0 saturated heterocycles. The Bertz CT molecular complexity index is 513. The zero-order valence-corrected chi connectivity index (χ0v) is 11.3. The number of aromatic nitrogens is 2. The van der Waals surface area contributed by atoms with Crippen molar-refractivity contribution in [1.29, 1.82) is 0 Å². The summed E-state index contributed by atoms with van der Waals surface area (Å²) in [6.45, 7) is 2.02. The van der Waals surface area contributed by atoms with Gasteiger partial charge in [-0.1, -0.05) is 23.5 Å². The summed E-state index contributed by atoms with van der Waals surface area (Å²) < 4.78 is 5.30. The fourth-order valence-electron chi connectivity index (χ4n) is 1.51. The molecule has 0 bridgehead atoms. The Labute approximate surface area is 109 Å². The lowest BCUT2D eigenvalue weighted by Gasteiger charge is -2.05. The first-order valence-corrected chi connectivity index (χ1v) is 6.63. The number of rotatable bonds is 4. The smallest absolute Gasteiger partial charge is 0.147 e. The molecule has 0 atom stereocenters. The van der Waals surface area contributed by atoms with Crippen LogP contribution in [-0.2, 0) is 6.42 Å². The van der Waals surface area contributed by atoms with E-state index in [9.17, 15) is 0 Å². The first-order chi connectivity index (χ1) is 8.24. The molecule has 2 rings (SSSR count). The highest BCUT2D eigenvalue weighted by atomic mass is 35.5. The largest absolute Gasteiger partial charge is 0.496 e. The third-order valence-electron chi connectivity index (χ3n) is 2.43. The minimum atomic E-state index is 0.575. The molecule has 0 unspecified atom stereocenters. The minimum Gasteiger partial charge on any atom is -0.496 e. The van der Waals surface area contributed by atoms with E-state index < -0.39 is 0 Å². The summed E-state index contributed by atoms with van der Waals surface area (Å²) in [4.78, 5) is 0. The Balaban J connectivity index is 2.32. The summed E-state index contributed by atoms with van der Waals surface area (Å²) in [6, 6.07) is 6.04. The van der Waals surface area contributed by atoms with Gasteiger partial charge in [-0.15, -0.1) is 21.8 Å². The van der Waals surface area contributed by atoms with Crippen molar-refractivity contribution in [2.24, 2.45) is 0 Å². The van der Waals surface area contributed by atoms with Gasteiger partial charge in [0.2, 0.25) is 0 Å². The molecule has 2 aromatic rings. The van der Waals surface area contributed by atoms with Crippen LogP contribution < -0.4 is 4.74 Å². The summed E-state index contributed by atoms with van der Waals surface area (Å²) in [5, 5.41) is 10.1. The molecule has 0 aliphatic carbocycles. The molecule has 0 amide bonds. The Hall–Kier alpha value is -1.13. The van der Waals surface area contributed by atoms with Gasteiger partial charge >= 0.3 is 0 Å². The van der Waals surface area contributed by atoms with Crippen LogP contribution in [0.4, 0.5) is 0 Å². The molecular formula is C12H13ClN2OS. The highest BCUT2D eigenvalue weighted by Crippen LogP contribution is 2.29. The molecular weight excluding hydrogens is 256 g/mol. The van der Waals surface area contributed by atoms with E-state index in [0.29, 0.717) is 5.88 Å². The van der Waals surface area contributed by atoms with Gasteiger partial charge in [0.05, 0.1) is 7.11 Å². The molecule has 1 aromatic carbocycles. The van der Waals surface area contributed by atoms with Crippen molar-refractivity contribution in [3.05, 3.63) is 28.8 Å². The van der Waals surface area contributed by atoms with Gasteiger partial charge in [0.1, 0.15) is 15.8 Å². The Morgan fingerprint density at radius 3 is 2.88 bits per heavy atom. The summed E-state index contributed by atoms with van der Waals surface area (Å²) in [5.74, 6) is 1.45. The van der Waals surface area contributed by atoms with Crippen LogP contribution in [0.1, 0.15) is 10.6 Å². The highest BCUT2D eigenvalue weighted by molar-refractivity contribution is 7.14. The Morgan fingerprint density at radius 1 is 1.35 bits per heavy atom. The molecule has 1 heterocycles. The molecule has 17 heavy (non-hydrogen) atoms. The van der Waals surface area contributed by atoms with Gasteiger partial charge in [0.15, 0.2) is 0 Å². The van der Waals surface area contributed by atoms with Crippen molar-refractivity contribution in [2.75, 3.05) is 13.0 Å². The number of benzene rings is 1. The lowest BCUT2D eigenvalue weighted by Crippen LogP contribution is -1.87. The van der Waals surface area contributed by atoms with E-state index in [0.717, 1.165) is 33.3 Å². The van der Waals surface area contributed by atoms with E-state index in [-0.39, 0.29) is 0 Å². The molecule has 0 saturated carbocycles. The molecule has 0 spiro atoms. The molecule has 0 N–H and O–H groups in total. The highest BCUT2D eigenvalue weighted by Gasteiger charge is 2.08. The van der Waals surface area contributed by atoms with E-state index in [1.54, 1.807) is 18.4 Å². The van der Waals surface area contributed by atoms with Gasteiger partial charge in [0.25, 0.3) is 0 Å². The monoisotopic (exact) mass is 268 g/mol. The molecule has 1 aromatic heterocycles. The molecule has 0 aliphatic rings. The number of hydrogen-bond donors (Lipinski definition) is 0. The second kappa shape index (κ2) is 5.47. The molecule has 3 nitrogen and oxygen atoms in total. The van der Waals surface area contributed by atoms with Crippen molar-refractivity contribution >= 4 is 22.9 Å². The zero-order chi connectivity index (χ0) is 12.3. The van der Waals surface area contributed by atoms with E-state index in [2.05, 4.69) is 10.2 Å². The third-order valence-corrected chi connectivity index (χ3v) is 3.65. The molecule has 90 valence electrons. The lowest BCUT2D eigenvalue weighted by atomic mass is 10.1. The van der Waals surface area contributed by atoms with Gasteiger partial charge in [-0.25, -0.2) is 0 Å². The summed E-state index contributed by atoms with van der Waals surface area (Å²) in [7, 11) is 1.67. The van der Waals surface area contributed by atoms with Gasteiger partial charge in [-0.3, -0.25) is 0 Å². The van der Waals surface area contributed by atoms with Crippen LogP contribution in [0.3, 0.4) is 0 Å². The molecule has 0 aliphatic heterocycles. The normalized spacial score (nSPS) is 10.5. The summed E-state index contributed by atoms with van der Waals surface area (Å²) in [5.41, 5.74) is 2.15. The van der Waals surface area contributed by atoms with Gasteiger partial charge in [-0.05, 0) is 18.6 Å². The molecule has 0 radical (unpaired) electrons. The predicted molar refractivity (Wildman–Crippen MR) is 71.1 cm³/mol. The first-order valence-electron chi connectivity index (χ1n) is 5.28. The quantitative estimate of drug-likeness (QED) is 0.798. The first kappa shape index (κ1) is 12.3. The Morgan fingerprint density at radius 2 is 2.18 bits per heavy atom. The van der Waals surface area contributed by atoms with Crippen molar-refractivity contribution in [3.63, 3.8) is 0 Å². The van der Waals surface area contributed by atoms with E-state index in [1.807, 2.05) is 25.1 Å². The Kier molecular flexibility index (Phi) is 3.97. The van der Waals surface area contributed by atoms with Gasteiger partial charge in [-0.2, -0.15) is 0 Å². The molecule has 5 heteroatoms. The van der Waals surface area contributed by atoms with Crippen LogP contribution in [0.5, 0.6) is 5.75 Å². The van der Waals surface area contributed by atoms with E-state index in [4.69, 9.17) is 16.3 Å². The van der Waals surface area contributed by atoms with E-state index in [1.165, 1.54) is 0 Å². The van der Waals surface area contributed by atoms with Gasteiger partial charge in [0, 0.05) is 17.9 Å². The van der Waals surface area contributed by atoms with Gasteiger partial charge < -0.3 is 4.74 Å². The fourth-order valence-corrected chi connectivity index (χ4v) is 2.63. The number of ether oxygens (including phenoxy) is 1. The summed E-state index contributed by atoms with van der Waals surface area (Å²) >= 11 is 7.25. The van der Waals surface area contributed by atoms with Crippen molar-refractivity contribution in [3.8, 4) is 16.3 Å². The van der Waals surface area contributed by atoms with Crippen LogP contribution in [0.2, 0.25) is 0 Å². The maximum atomic E-state index is 5.68. The summed E-state index contributed by atoms with van der Waals surface area (Å²) in [6.07, 6.45) is 0.766. The fraction of sp³-hybridized carbons (Fsp3) is 0.333. The average Bonchev–Trinajstić information content (AvgIpc) is 2.79. The topological polar surface area (TPSA) is 35.0 Å². The number of alkyl halides is 1. The van der Waals surface area contributed by atoms with E-state index >= 15 is 0 Å². The minimum absolute atomic E-state index is 0.575. The molecule has 0 fully saturated rings. The second-order valence-electron chi connectivity index (χ2n) is 3.62. The number of nitrogens with zero attached hydrogens (tertiary/aromatic N) is 2. The van der Waals surface area contributed by atoms with Crippen LogP contribution in [0.25, 0.3) is 10.6 Å². The maximum Gasteiger partial charge on any atom is 0.147 e. The van der Waals surface area contributed by atoms with Crippen molar-refractivity contribution in [2.45, 2.75) is 13.3 Å². The number of methoxy groups -OCH3 is 1. The van der Waals surface area contributed by atoms with Crippen LogP contribution >= 0.6 is 22.9 Å². The van der Waals surface area contributed by atoms with Crippen LogP contribution in [-0.4, -0.2) is 23.2 Å². The van der Waals surface area contributed by atoms with Crippen LogP contribution in [0, 0.1) is 6.92 Å². The third kappa shape index (κ3) is 2.76. The lowest BCUT2D eigenvalue weighted by molar-refractivity contribution is 0.412. The predicted octanol–water partition coefficient (Wildman–Crippen LogP) is 3.30. The standard InChI is InChI=1S/C12H13ClN2OS/c1-8-3-4-9(7-10(8)16-2)12-15-14-11(17-12)5-6-13/h3-4,7H,5-6H2,1-2H3. The number of aryl methyl sites for hydroxylation is 2. The van der Waals surface area contributed by atoms with Crippen LogP contribution in [0.15, 0.2) is 18.2 Å². The second-order valence-corrected chi connectivity index (χ2v) is 5.06. The van der Waals surface area contributed by atoms with Crippen molar-refractivity contribution < 1.29 is 4.74 Å².